The lowest BCUT2D eigenvalue weighted by molar-refractivity contribution is -0.385. The molecule has 0 radical (unpaired) electrons. The van der Waals surface area contributed by atoms with Crippen LogP contribution in [0.2, 0.25) is 0 Å². The molecule has 0 saturated heterocycles. The Hall–Kier alpha value is -1.75. The molecule has 1 aromatic heterocycles. The normalized spacial score (nSPS) is 10.5. The van der Waals surface area contributed by atoms with Gasteiger partial charge in [0, 0.05) is 12.6 Å². The lowest BCUT2D eigenvalue weighted by Gasteiger charge is -1.91. The van der Waals surface area contributed by atoms with Crippen LogP contribution in [0, 0.1) is 10.1 Å². The van der Waals surface area contributed by atoms with Crippen LogP contribution >= 0.6 is 0 Å². The first-order valence-corrected chi connectivity index (χ1v) is 3.71. The van der Waals surface area contributed by atoms with E-state index in [9.17, 15) is 10.1 Å². The molecular weight excluding hydrogens is 170 g/mol. The van der Waals surface area contributed by atoms with Gasteiger partial charge in [-0.25, -0.2) is 4.98 Å². The Morgan fingerprint density at radius 1 is 1.62 bits per heavy atom. The number of nitro groups is 1. The van der Waals surface area contributed by atoms with Crippen LogP contribution in [-0.2, 0) is 0 Å². The van der Waals surface area contributed by atoms with Crippen molar-refractivity contribution in [3.05, 3.63) is 40.2 Å². The van der Waals surface area contributed by atoms with Gasteiger partial charge in [0.1, 0.15) is 6.20 Å². The van der Waals surface area contributed by atoms with Crippen molar-refractivity contribution in [3.8, 4) is 0 Å². The van der Waals surface area contributed by atoms with E-state index in [-0.39, 0.29) is 5.69 Å². The molecule has 0 bridgehead atoms. The molecule has 13 heavy (non-hydrogen) atoms. The van der Waals surface area contributed by atoms with E-state index in [1.165, 1.54) is 12.3 Å². The van der Waals surface area contributed by atoms with E-state index in [0.29, 0.717) is 12.2 Å². The summed E-state index contributed by atoms with van der Waals surface area (Å²) < 4.78 is 0. The van der Waals surface area contributed by atoms with Gasteiger partial charge in [-0.3, -0.25) is 10.1 Å². The maximum atomic E-state index is 10.3. The van der Waals surface area contributed by atoms with Gasteiger partial charge in [-0.1, -0.05) is 6.08 Å². The topological polar surface area (TPSA) is 82.0 Å². The molecule has 2 N–H and O–H groups in total. The molecule has 1 rings (SSSR count). The summed E-state index contributed by atoms with van der Waals surface area (Å²) in [6.07, 6.45) is 4.66. The van der Waals surface area contributed by atoms with Crippen molar-refractivity contribution >= 4 is 11.8 Å². The molecule has 0 saturated carbocycles. The minimum atomic E-state index is -0.483. The van der Waals surface area contributed by atoms with Crippen LogP contribution in [0.3, 0.4) is 0 Å². The van der Waals surface area contributed by atoms with E-state index in [1.54, 1.807) is 18.2 Å². The largest absolute Gasteiger partial charge is 0.327 e. The van der Waals surface area contributed by atoms with Gasteiger partial charge in [0.05, 0.1) is 10.6 Å². The zero-order valence-electron chi connectivity index (χ0n) is 6.88. The second-order valence-corrected chi connectivity index (χ2v) is 2.34. The summed E-state index contributed by atoms with van der Waals surface area (Å²) in [7, 11) is 0. The van der Waals surface area contributed by atoms with Crippen molar-refractivity contribution < 1.29 is 4.92 Å². The monoisotopic (exact) mass is 179 g/mol. The summed E-state index contributed by atoms with van der Waals surface area (Å²) in [5.41, 5.74) is 5.89. The van der Waals surface area contributed by atoms with Gasteiger partial charge >= 0.3 is 0 Å². The van der Waals surface area contributed by atoms with Gasteiger partial charge in [0.2, 0.25) is 0 Å². The van der Waals surface area contributed by atoms with Crippen molar-refractivity contribution in [1.29, 1.82) is 0 Å². The summed E-state index contributed by atoms with van der Waals surface area (Å²) in [5.74, 6) is 0. The van der Waals surface area contributed by atoms with Crippen molar-refractivity contribution in [2.75, 3.05) is 6.54 Å². The molecule has 1 aromatic rings. The van der Waals surface area contributed by atoms with E-state index in [1.807, 2.05) is 0 Å². The maximum Gasteiger partial charge on any atom is 0.287 e. The number of hydrogen-bond donors (Lipinski definition) is 1. The summed E-state index contributed by atoms with van der Waals surface area (Å²) in [6.45, 7) is 0.429. The average molecular weight is 179 g/mol. The van der Waals surface area contributed by atoms with Crippen molar-refractivity contribution in [2.45, 2.75) is 0 Å². The van der Waals surface area contributed by atoms with Crippen molar-refractivity contribution in [2.24, 2.45) is 5.73 Å². The molecule has 0 aromatic carbocycles. The Kier molecular flexibility index (Phi) is 3.10. The van der Waals surface area contributed by atoms with E-state index in [2.05, 4.69) is 4.98 Å². The Morgan fingerprint density at radius 2 is 2.38 bits per heavy atom. The van der Waals surface area contributed by atoms with Gasteiger partial charge in [0.15, 0.2) is 0 Å². The minimum Gasteiger partial charge on any atom is -0.327 e. The number of aromatic nitrogens is 1. The summed E-state index contributed by atoms with van der Waals surface area (Å²) in [6, 6.07) is 2.98. The van der Waals surface area contributed by atoms with Crippen molar-refractivity contribution in [1.82, 2.24) is 4.98 Å². The molecular formula is C8H9N3O2. The lowest BCUT2D eigenvalue weighted by atomic mass is 10.3. The number of nitrogens with two attached hydrogens (primary N) is 1. The third-order valence-corrected chi connectivity index (χ3v) is 1.41. The Balaban J connectivity index is 2.81. The molecule has 0 atom stereocenters. The molecule has 5 heteroatoms. The SMILES string of the molecule is NCC=Cc1ccc([N+](=O)[O-])cn1. The first kappa shape index (κ1) is 9.34. The molecule has 0 amide bonds. The third-order valence-electron chi connectivity index (χ3n) is 1.41. The second kappa shape index (κ2) is 4.32. The van der Waals surface area contributed by atoms with Crippen LogP contribution in [-0.4, -0.2) is 16.5 Å². The standard InChI is InChI=1S/C8H9N3O2/c9-5-1-2-7-3-4-8(6-10-7)11(12)13/h1-4,6H,5,9H2. The summed E-state index contributed by atoms with van der Waals surface area (Å²) in [5, 5.41) is 10.3. The molecule has 0 aliphatic carbocycles. The number of hydrogen-bond acceptors (Lipinski definition) is 4. The van der Waals surface area contributed by atoms with Crippen LogP contribution in [0.15, 0.2) is 24.4 Å². The van der Waals surface area contributed by atoms with E-state index >= 15 is 0 Å². The molecule has 5 nitrogen and oxygen atoms in total. The fraction of sp³-hybridized carbons (Fsp3) is 0.125. The summed E-state index contributed by atoms with van der Waals surface area (Å²) in [4.78, 5) is 13.6. The van der Waals surface area contributed by atoms with E-state index < -0.39 is 4.92 Å². The Bertz CT molecular complexity index is 319. The average Bonchev–Trinajstić information content (AvgIpc) is 2.15. The smallest absolute Gasteiger partial charge is 0.287 e. The Labute approximate surface area is 75.0 Å². The number of pyridine rings is 1. The first-order valence-electron chi connectivity index (χ1n) is 3.71. The zero-order valence-corrected chi connectivity index (χ0v) is 6.88. The summed E-state index contributed by atoms with van der Waals surface area (Å²) >= 11 is 0. The highest BCUT2D eigenvalue weighted by atomic mass is 16.6. The molecule has 1 heterocycles. The van der Waals surface area contributed by atoms with Crippen LogP contribution in [0.25, 0.3) is 6.08 Å². The van der Waals surface area contributed by atoms with Gasteiger partial charge in [-0.05, 0) is 12.1 Å². The highest BCUT2D eigenvalue weighted by Gasteiger charge is 2.02. The van der Waals surface area contributed by atoms with Gasteiger partial charge in [0.25, 0.3) is 5.69 Å². The predicted octanol–water partition coefficient (Wildman–Crippen LogP) is 0.962. The first-order chi connectivity index (χ1) is 6.24. The maximum absolute atomic E-state index is 10.3. The predicted molar refractivity (Wildman–Crippen MR) is 49.0 cm³/mol. The highest BCUT2D eigenvalue weighted by molar-refractivity contribution is 5.46. The number of nitrogens with zero attached hydrogens (tertiary/aromatic N) is 2. The van der Waals surface area contributed by atoms with Crippen molar-refractivity contribution in [3.63, 3.8) is 0 Å². The molecule has 0 spiro atoms. The zero-order chi connectivity index (χ0) is 9.68. The molecule has 0 aliphatic rings. The lowest BCUT2D eigenvalue weighted by Crippen LogP contribution is -1.93. The van der Waals surface area contributed by atoms with Crippen LogP contribution < -0.4 is 5.73 Å². The molecule has 0 aliphatic heterocycles. The van der Waals surface area contributed by atoms with Crippen LogP contribution in [0.1, 0.15) is 5.69 Å². The third kappa shape index (κ3) is 2.64. The van der Waals surface area contributed by atoms with E-state index in [4.69, 9.17) is 5.73 Å². The molecule has 68 valence electrons. The van der Waals surface area contributed by atoms with Crippen LogP contribution in [0.5, 0.6) is 0 Å². The number of rotatable bonds is 3. The van der Waals surface area contributed by atoms with Gasteiger partial charge in [-0.15, -0.1) is 0 Å². The fourth-order valence-corrected chi connectivity index (χ4v) is 0.793. The fourth-order valence-electron chi connectivity index (χ4n) is 0.793. The van der Waals surface area contributed by atoms with Gasteiger partial charge in [-0.2, -0.15) is 0 Å². The van der Waals surface area contributed by atoms with Crippen LogP contribution in [0.4, 0.5) is 5.69 Å². The van der Waals surface area contributed by atoms with E-state index in [0.717, 1.165) is 0 Å². The molecule has 0 fully saturated rings. The molecule has 0 unspecified atom stereocenters. The highest BCUT2D eigenvalue weighted by Crippen LogP contribution is 2.09. The minimum absolute atomic E-state index is 0.00935. The Morgan fingerprint density at radius 3 is 2.85 bits per heavy atom. The van der Waals surface area contributed by atoms with Gasteiger partial charge < -0.3 is 5.73 Å². The second-order valence-electron chi connectivity index (χ2n) is 2.34. The quantitative estimate of drug-likeness (QED) is 0.553.